The third kappa shape index (κ3) is 2.62. The number of nitrogens with two attached hydrogens (primary N) is 1. The standard InChI is InChI=1S/C12H13N3OS/c13-11(16)6-7-15-10(8-14-12(15)17)9-4-2-1-3-5-9/h1-5,8H,6-7H2,(H2,13,16)(H,14,17). The summed E-state index contributed by atoms with van der Waals surface area (Å²) in [5.41, 5.74) is 7.18. The lowest BCUT2D eigenvalue weighted by atomic mass is 10.2. The molecule has 0 saturated carbocycles. The van der Waals surface area contributed by atoms with E-state index in [4.69, 9.17) is 18.0 Å². The zero-order valence-electron chi connectivity index (χ0n) is 9.22. The maximum atomic E-state index is 10.8. The second kappa shape index (κ2) is 4.97. The number of carbonyl (C=O) groups excluding carboxylic acids is 1. The van der Waals surface area contributed by atoms with Crippen LogP contribution in [0.15, 0.2) is 36.5 Å². The zero-order chi connectivity index (χ0) is 12.3. The van der Waals surface area contributed by atoms with Crippen LogP contribution in [-0.2, 0) is 11.3 Å². The van der Waals surface area contributed by atoms with Crippen LogP contribution in [0.1, 0.15) is 6.42 Å². The molecular weight excluding hydrogens is 234 g/mol. The molecule has 1 aromatic heterocycles. The summed E-state index contributed by atoms with van der Waals surface area (Å²) in [6.07, 6.45) is 2.13. The van der Waals surface area contributed by atoms with Crippen LogP contribution in [0, 0.1) is 4.77 Å². The third-order valence-corrected chi connectivity index (χ3v) is 2.86. The van der Waals surface area contributed by atoms with E-state index in [-0.39, 0.29) is 12.3 Å². The number of primary amides is 1. The quantitative estimate of drug-likeness (QED) is 0.812. The minimum absolute atomic E-state index is 0.284. The summed E-state index contributed by atoms with van der Waals surface area (Å²) in [6.45, 7) is 0.502. The van der Waals surface area contributed by atoms with Crippen LogP contribution in [0.4, 0.5) is 0 Å². The van der Waals surface area contributed by atoms with E-state index in [2.05, 4.69) is 4.98 Å². The molecule has 0 aliphatic carbocycles. The van der Waals surface area contributed by atoms with Gasteiger partial charge in [-0.25, -0.2) is 0 Å². The van der Waals surface area contributed by atoms with E-state index in [0.29, 0.717) is 11.3 Å². The van der Waals surface area contributed by atoms with Gasteiger partial charge in [-0.1, -0.05) is 30.3 Å². The van der Waals surface area contributed by atoms with E-state index < -0.39 is 0 Å². The highest BCUT2D eigenvalue weighted by Crippen LogP contribution is 2.19. The number of aromatic nitrogens is 2. The molecule has 1 amide bonds. The molecular formula is C12H13N3OS. The largest absolute Gasteiger partial charge is 0.370 e. The van der Waals surface area contributed by atoms with E-state index >= 15 is 0 Å². The number of nitrogens with one attached hydrogen (secondary N) is 1. The number of carbonyl (C=O) groups is 1. The smallest absolute Gasteiger partial charge is 0.219 e. The molecule has 1 aromatic carbocycles. The molecule has 0 atom stereocenters. The third-order valence-electron chi connectivity index (χ3n) is 2.52. The molecule has 0 aliphatic rings. The first-order valence-corrected chi connectivity index (χ1v) is 5.71. The van der Waals surface area contributed by atoms with Crippen molar-refractivity contribution in [3.05, 3.63) is 41.3 Å². The molecule has 0 saturated heterocycles. The molecule has 2 aromatic rings. The first-order chi connectivity index (χ1) is 8.18. The molecule has 3 N–H and O–H groups in total. The predicted octanol–water partition coefficient (Wildman–Crippen LogP) is 2.09. The van der Waals surface area contributed by atoms with Crippen LogP contribution in [0.3, 0.4) is 0 Å². The molecule has 5 heteroatoms. The topological polar surface area (TPSA) is 63.8 Å². The Bertz CT molecular complexity index is 571. The van der Waals surface area contributed by atoms with Crippen molar-refractivity contribution >= 4 is 18.1 Å². The Labute approximate surface area is 104 Å². The molecule has 1 heterocycles. The van der Waals surface area contributed by atoms with Gasteiger partial charge < -0.3 is 15.3 Å². The van der Waals surface area contributed by atoms with Gasteiger partial charge in [-0.2, -0.15) is 0 Å². The molecule has 0 spiro atoms. The Morgan fingerprint density at radius 1 is 1.35 bits per heavy atom. The minimum atomic E-state index is -0.327. The summed E-state index contributed by atoms with van der Waals surface area (Å²) in [7, 11) is 0. The average Bonchev–Trinajstić information content (AvgIpc) is 2.69. The number of amides is 1. The molecule has 0 unspecified atom stereocenters. The Morgan fingerprint density at radius 3 is 2.71 bits per heavy atom. The number of rotatable bonds is 4. The lowest BCUT2D eigenvalue weighted by molar-refractivity contribution is -0.118. The highest BCUT2D eigenvalue weighted by atomic mass is 32.1. The van der Waals surface area contributed by atoms with Gasteiger partial charge in [0.15, 0.2) is 4.77 Å². The fourth-order valence-corrected chi connectivity index (χ4v) is 1.94. The van der Waals surface area contributed by atoms with E-state index in [1.54, 1.807) is 0 Å². The van der Waals surface area contributed by atoms with E-state index in [1.807, 2.05) is 41.1 Å². The predicted molar refractivity (Wildman–Crippen MR) is 68.9 cm³/mol. The molecule has 88 valence electrons. The van der Waals surface area contributed by atoms with Crippen molar-refractivity contribution in [1.82, 2.24) is 9.55 Å². The van der Waals surface area contributed by atoms with Gasteiger partial charge in [0.05, 0.1) is 5.69 Å². The summed E-state index contributed by atoms with van der Waals surface area (Å²) in [5.74, 6) is -0.327. The summed E-state index contributed by atoms with van der Waals surface area (Å²) < 4.78 is 2.49. The van der Waals surface area contributed by atoms with E-state index in [1.165, 1.54) is 0 Å². The number of imidazole rings is 1. The molecule has 0 radical (unpaired) electrons. The van der Waals surface area contributed by atoms with Gasteiger partial charge in [-0.3, -0.25) is 4.79 Å². The minimum Gasteiger partial charge on any atom is -0.370 e. The van der Waals surface area contributed by atoms with E-state index in [9.17, 15) is 4.79 Å². The second-order valence-electron chi connectivity index (χ2n) is 3.71. The van der Waals surface area contributed by atoms with Crippen LogP contribution >= 0.6 is 12.2 Å². The maximum Gasteiger partial charge on any atom is 0.219 e. The fourth-order valence-electron chi connectivity index (χ4n) is 1.69. The van der Waals surface area contributed by atoms with Crippen molar-refractivity contribution in [1.29, 1.82) is 0 Å². The number of hydrogen-bond donors (Lipinski definition) is 2. The molecule has 0 bridgehead atoms. The van der Waals surface area contributed by atoms with Gasteiger partial charge in [0, 0.05) is 19.2 Å². The van der Waals surface area contributed by atoms with E-state index in [0.717, 1.165) is 11.3 Å². The Balaban J connectivity index is 2.36. The van der Waals surface area contributed by atoms with Gasteiger partial charge in [0.2, 0.25) is 5.91 Å². The summed E-state index contributed by atoms with van der Waals surface area (Å²) in [4.78, 5) is 13.8. The van der Waals surface area contributed by atoms with Gasteiger partial charge in [0.1, 0.15) is 0 Å². The van der Waals surface area contributed by atoms with Crippen LogP contribution in [-0.4, -0.2) is 15.5 Å². The van der Waals surface area contributed by atoms with Crippen molar-refractivity contribution in [2.45, 2.75) is 13.0 Å². The lowest BCUT2D eigenvalue weighted by Gasteiger charge is -2.06. The van der Waals surface area contributed by atoms with Crippen LogP contribution in [0.5, 0.6) is 0 Å². The first-order valence-electron chi connectivity index (χ1n) is 5.30. The number of H-pyrrole nitrogens is 1. The van der Waals surface area contributed by atoms with Gasteiger partial charge in [-0.15, -0.1) is 0 Å². The molecule has 4 nitrogen and oxygen atoms in total. The van der Waals surface area contributed by atoms with Crippen LogP contribution < -0.4 is 5.73 Å². The van der Waals surface area contributed by atoms with Gasteiger partial charge in [-0.05, 0) is 17.8 Å². The summed E-state index contributed by atoms with van der Waals surface area (Å²) in [6, 6.07) is 9.88. The average molecular weight is 247 g/mol. The number of aromatic amines is 1. The zero-order valence-corrected chi connectivity index (χ0v) is 10.0. The number of nitrogens with zero attached hydrogens (tertiary/aromatic N) is 1. The SMILES string of the molecule is NC(=O)CCn1c(-c2ccccc2)c[nH]c1=S. The van der Waals surface area contributed by atoms with Crippen LogP contribution in [0.2, 0.25) is 0 Å². The summed E-state index contributed by atoms with van der Waals surface area (Å²) >= 11 is 5.18. The van der Waals surface area contributed by atoms with Gasteiger partial charge in [0.25, 0.3) is 0 Å². The van der Waals surface area contributed by atoms with Crippen molar-refractivity contribution < 1.29 is 4.79 Å². The monoisotopic (exact) mass is 247 g/mol. The Morgan fingerprint density at radius 2 is 2.06 bits per heavy atom. The molecule has 0 fully saturated rings. The maximum absolute atomic E-state index is 10.8. The van der Waals surface area contributed by atoms with Crippen molar-refractivity contribution in [3.8, 4) is 11.3 Å². The fraction of sp³-hybridized carbons (Fsp3) is 0.167. The van der Waals surface area contributed by atoms with Crippen LogP contribution in [0.25, 0.3) is 11.3 Å². The van der Waals surface area contributed by atoms with Crippen molar-refractivity contribution in [2.75, 3.05) is 0 Å². The first kappa shape index (κ1) is 11.6. The lowest BCUT2D eigenvalue weighted by Crippen LogP contribution is -2.14. The highest BCUT2D eigenvalue weighted by molar-refractivity contribution is 7.71. The second-order valence-corrected chi connectivity index (χ2v) is 4.10. The number of hydrogen-bond acceptors (Lipinski definition) is 2. The van der Waals surface area contributed by atoms with Crippen molar-refractivity contribution in [2.24, 2.45) is 5.73 Å². The molecule has 2 rings (SSSR count). The number of benzene rings is 1. The molecule has 0 aliphatic heterocycles. The van der Waals surface area contributed by atoms with Crippen molar-refractivity contribution in [3.63, 3.8) is 0 Å². The summed E-state index contributed by atoms with van der Waals surface area (Å²) in [5, 5.41) is 0. The Kier molecular flexibility index (Phi) is 3.39. The normalized spacial score (nSPS) is 10.4. The Hall–Kier alpha value is -1.88. The highest BCUT2D eigenvalue weighted by Gasteiger charge is 2.06. The van der Waals surface area contributed by atoms with Gasteiger partial charge >= 0.3 is 0 Å². The molecule has 17 heavy (non-hydrogen) atoms.